The first-order chi connectivity index (χ1) is 21.2. The van der Waals surface area contributed by atoms with Crippen LogP contribution in [0.1, 0.15) is 76.2 Å². The standard InChI is InChI=1S/C33H30F6N2O4/c34-32(35,36)25-14-15-27(33(37,38)39)28(19-25)41-31(45)26(23-12-10-22(11-13-23)21-4-2-1-3-5-21)18-20-6-8-24(9-7-20)30(44)40-17-16-29(42)43/h4,6-15,19,26H,1-3,5,16-18H2,(H,40,44)(H,41,45)(H,42,43). The fraction of sp³-hybridized carbons (Fsp3) is 0.303. The Morgan fingerprint density at radius 2 is 1.53 bits per heavy atom. The molecule has 6 nitrogen and oxygen atoms in total. The summed E-state index contributed by atoms with van der Waals surface area (Å²) in [6, 6.07) is 13.8. The molecule has 3 aromatic rings. The summed E-state index contributed by atoms with van der Waals surface area (Å²) >= 11 is 0. The molecule has 1 atom stereocenters. The zero-order chi connectivity index (χ0) is 32.8. The van der Waals surface area contributed by atoms with Gasteiger partial charge >= 0.3 is 18.3 Å². The molecule has 2 amide bonds. The Balaban J connectivity index is 1.64. The Labute approximate surface area is 255 Å². The van der Waals surface area contributed by atoms with Gasteiger partial charge in [0.1, 0.15) is 0 Å². The number of amides is 2. The van der Waals surface area contributed by atoms with Crippen LogP contribution in [0.25, 0.3) is 5.57 Å². The van der Waals surface area contributed by atoms with Crippen molar-refractivity contribution in [1.82, 2.24) is 5.32 Å². The largest absolute Gasteiger partial charge is 0.481 e. The van der Waals surface area contributed by atoms with E-state index < -0.39 is 52.9 Å². The van der Waals surface area contributed by atoms with Crippen molar-refractivity contribution < 1.29 is 45.8 Å². The van der Waals surface area contributed by atoms with Gasteiger partial charge in [0.2, 0.25) is 5.91 Å². The second-order valence-electron chi connectivity index (χ2n) is 10.7. The van der Waals surface area contributed by atoms with Crippen molar-refractivity contribution in [1.29, 1.82) is 0 Å². The van der Waals surface area contributed by atoms with E-state index in [1.165, 1.54) is 12.1 Å². The highest BCUT2D eigenvalue weighted by atomic mass is 19.4. The van der Waals surface area contributed by atoms with E-state index in [9.17, 15) is 40.7 Å². The molecule has 0 radical (unpaired) electrons. The number of carboxylic acid groups (broad SMARTS) is 1. The van der Waals surface area contributed by atoms with E-state index in [-0.39, 0.29) is 31.0 Å². The van der Waals surface area contributed by atoms with Crippen molar-refractivity contribution in [2.24, 2.45) is 0 Å². The van der Waals surface area contributed by atoms with Crippen molar-refractivity contribution in [2.75, 3.05) is 11.9 Å². The van der Waals surface area contributed by atoms with Crippen LogP contribution in [0.3, 0.4) is 0 Å². The highest BCUT2D eigenvalue weighted by Crippen LogP contribution is 2.39. The number of hydrogen-bond acceptors (Lipinski definition) is 3. The number of carbonyl (C=O) groups is 3. The summed E-state index contributed by atoms with van der Waals surface area (Å²) in [5, 5.41) is 13.3. The van der Waals surface area contributed by atoms with Crippen LogP contribution in [-0.4, -0.2) is 29.4 Å². The van der Waals surface area contributed by atoms with Gasteiger partial charge in [-0.2, -0.15) is 26.3 Å². The van der Waals surface area contributed by atoms with Crippen LogP contribution in [0.5, 0.6) is 0 Å². The molecule has 4 rings (SSSR count). The monoisotopic (exact) mass is 632 g/mol. The molecule has 238 valence electrons. The number of allylic oxidation sites excluding steroid dienone is 2. The van der Waals surface area contributed by atoms with Gasteiger partial charge in [-0.1, -0.05) is 42.5 Å². The van der Waals surface area contributed by atoms with Crippen LogP contribution in [-0.2, 0) is 28.4 Å². The van der Waals surface area contributed by atoms with Gasteiger partial charge in [0.25, 0.3) is 5.91 Å². The molecule has 0 spiro atoms. The summed E-state index contributed by atoms with van der Waals surface area (Å²) in [7, 11) is 0. The number of alkyl halides is 6. The van der Waals surface area contributed by atoms with Crippen LogP contribution in [0.4, 0.5) is 32.0 Å². The van der Waals surface area contributed by atoms with E-state index in [0.29, 0.717) is 23.3 Å². The molecule has 0 heterocycles. The molecule has 45 heavy (non-hydrogen) atoms. The van der Waals surface area contributed by atoms with Gasteiger partial charge in [0.15, 0.2) is 0 Å². The Morgan fingerprint density at radius 3 is 2.11 bits per heavy atom. The van der Waals surface area contributed by atoms with Gasteiger partial charge < -0.3 is 15.7 Å². The van der Waals surface area contributed by atoms with Gasteiger partial charge in [0, 0.05) is 12.1 Å². The lowest BCUT2D eigenvalue weighted by Crippen LogP contribution is -2.26. The average molecular weight is 633 g/mol. The number of rotatable bonds is 10. The van der Waals surface area contributed by atoms with Gasteiger partial charge in [-0.15, -0.1) is 0 Å². The second kappa shape index (κ2) is 14.0. The SMILES string of the molecule is O=C(O)CCNC(=O)c1ccc(CC(C(=O)Nc2cc(C(F)(F)F)ccc2C(F)(F)F)c2ccc(C3=CCCCC3)cc2)cc1. The number of nitrogens with one attached hydrogen (secondary N) is 2. The summed E-state index contributed by atoms with van der Waals surface area (Å²) in [5.74, 6) is -3.65. The maximum absolute atomic E-state index is 13.7. The summed E-state index contributed by atoms with van der Waals surface area (Å²) < 4.78 is 81.3. The topological polar surface area (TPSA) is 95.5 Å². The summed E-state index contributed by atoms with van der Waals surface area (Å²) in [6.07, 6.45) is -4.20. The third kappa shape index (κ3) is 8.96. The highest BCUT2D eigenvalue weighted by Gasteiger charge is 2.38. The van der Waals surface area contributed by atoms with Crippen molar-refractivity contribution in [3.05, 3.63) is 106 Å². The number of carboxylic acids is 1. The van der Waals surface area contributed by atoms with Crippen molar-refractivity contribution >= 4 is 29.0 Å². The minimum atomic E-state index is -5.03. The van der Waals surface area contributed by atoms with E-state index in [2.05, 4.69) is 16.7 Å². The first-order valence-electron chi connectivity index (χ1n) is 14.2. The fourth-order valence-electron chi connectivity index (χ4n) is 5.10. The lowest BCUT2D eigenvalue weighted by atomic mass is 9.88. The zero-order valence-electron chi connectivity index (χ0n) is 23.9. The van der Waals surface area contributed by atoms with Crippen molar-refractivity contribution in [3.63, 3.8) is 0 Å². The normalized spacial score (nSPS) is 14.3. The molecule has 0 bridgehead atoms. The number of benzene rings is 3. The van der Waals surface area contributed by atoms with E-state index in [4.69, 9.17) is 5.11 Å². The number of anilines is 1. The Hall–Kier alpha value is -4.61. The molecule has 3 N–H and O–H groups in total. The van der Waals surface area contributed by atoms with Crippen LogP contribution >= 0.6 is 0 Å². The first kappa shape index (κ1) is 33.3. The first-order valence-corrected chi connectivity index (χ1v) is 14.2. The maximum Gasteiger partial charge on any atom is 0.418 e. The fourth-order valence-corrected chi connectivity index (χ4v) is 5.10. The smallest absolute Gasteiger partial charge is 0.418 e. The summed E-state index contributed by atoms with van der Waals surface area (Å²) in [5.41, 5.74) is -0.512. The molecule has 0 saturated carbocycles. The molecule has 1 aliphatic rings. The molecular weight excluding hydrogens is 602 g/mol. The van der Waals surface area contributed by atoms with Gasteiger partial charge in [0.05, 0.1) is 29.2 Å². The van der Waals surface area contributed by atoms with Crippen LogP contribution in [0, 0.1) is 0 Å². The number of aliphatic carboxylic acids is 1. The lowest BCUT2D eigenvalue weighted by molar-refractivity contribution is -0.141. The predicted molar refractivity (Wildman–Crippen MR) is 155 cm³/mol. The van der Waals surface area contributed by atoms with Crippen LogP contribution in [0.15, 0.2) is 72.8 Å². The van der Waals surface area contributed by atoms with Crippen LogP contribution in [0.2, 0.25) is 0 Å². The molecule has 0 aliphatic heterocycles. The van der Waals surface area contributed by atoms with E-state index in [0.717, 1.165) is 36.8 Å². The second-order valence-corrected chi connectivity index (χ2v) is 10.7. The third-order valence-electron chi connectivity index (χ3n) is 7.48. The summed E-state index contributed by atoms with van der Waals surface area (Å²) in [4.78, 5) is 36.6. The minimum Gasteiger partial charge on any atom is -0.481 e. The molecule has 1 aliphatic carbocycles. The van der Waals surface area contributed by atoms with Gasteiger partial charge in [-0.05, 0) is 84.7 Å². The summed E-state index contributed by atoms with van der Waals surface area (Å²) in [6.45, 7) is -0.0828. The van der Waals surface area contributed by atoms with Crippen molar-refractivity contribution in [2.45, 2.75) is 56.8 Å². The lowest BCUT2D eigenvalue weighted by Gasteiger charge is -2.21. The molecule has 12 heteroatoms. The molecule has 0 fully saturated rings. The van der Waals surface area contributed by atoms with Crippen LogP contribution < -0.4 is 10.6 Å². The molecule has 3 aromatic carbocycles. The van der Waals surface area contributed by atoms with E-state index in [1.54, 1.807) is 24.3 Å². The minimum absolute atomic E-state index is 0.0465. The zero-order valence-corrected chi connectivity index (χ0v) is 23.9. The average Bonchev–Trinajstić information content (AvgIpc) is 2.99. The molecule has 0 aromatic heterocycles. The molecule has 0 saturated heterocycles. The Morgan fingerprint density at radius 1 is 0.844 bits per heavy atom. The highest BCUT2D eigenvalue weighted by molar-refractivity contribution is 5.97. The maximum atomic E-state index is 13.7. The Kier molecular flexibility index (Phi) is 10.4. The third-order valence-corrected chi connectivity index (χ3v) is 7.48. The van der Waals surface area contributed by atoms with Gasteiger partial charge in [-0.3, -0.25) is 14.4 Å². The number of carbonyl (C=O) groups excluding carboxylic acids is 2. The predicted octanol–water partition coefficient (Wildman–Crippen LogP) is 7.85. The molecular formula is C33H30F6N2O4. The quantitative estimate of drug-likeness (QED) is 0.199. The Bertz CT molecular complexity index is 1560. The van der Waals surface area contributed by atoms with Gasteiger partial charge in [-0.25, -0.2) is 0 Å². The van der Waals surface area contributed by atoms with E-state index in [1.807, 2.05) is 12.1 Å². The van der Waals surface area contributed by atoms with E-state index >= 15 is 0 Å². The molecule has 1 unspecified atom stereocenters. The number of halogens is 6. The number of hydrogen-bond donors (Lipinski definition) is 3. The van der Waals surface area contributed by atoms with Crippen molar-refractivity contribution in [3.8, 4) is 0 Å².